The standard InChI is InChI=1S/C15H14ClF2N/c1-10(11-3-2-4-14(17)7-11)19-9-12-5-6-13(16)8-15(12)18/h2-8,10,19H,9H2,1H3. The molecule has 100 valence electrons. The Morgan fingerprint density at radius 1 is 1.16 bits per heavy atom. The summed E-state index contributed by atoms with van der Waals surface area (Å²) < 4.78 is 26.7. The molecular weight excluding hydrogens is 268 g/mol. The van der Waals surface area contributed by atoms with E-state index in [-0.39, 0.29) is 17.7 Å². The van der Waals surface area contributed by atoms with Gasteiger partial charge in [0.25, 0.3) is 0 Å². The summed E-state index contributed by atoms with van der Waals surface area (Å²) in [6.45, 7) is 2.27. The van der Waals surface area contributed by atoms with Gasteiger partial charge in [0.1, 0.15) is 11.6 Å². The summed E-state index contributed by atoms with van der Waals surface area (Å²) in [5.74, 6) is -0.615. The maximum atomic E-state index is 13.6. The predicted molar refractivity (Wildman–Crippen MR) is 73.1 cm³/mol. The van der Waals surface area contributed by atoms with Crippen molar-refractivity contribution in [2.75, 3.05) is 0 Å². The van der Waals surface area contributed by atoms with Gasteiger partial charge in [-0.15, -0.1) is 0 Å². The monoisotopic (exact) mass is 281 g/mol. The molecule has 0 aromatic heterocycles. The van der Waals surface area contributed by atoms with Crippen molar-refractivity contribution in [3.63, 3.8) is 0 Å². The summed E-state index contributed by atoms with van der Waals surface area (Å²) in [7, 11) is 0. The fraction of sp³-hybridized carbons (Fsp3) is 0.200. The molecule has 19 heavy (non-hydrogen) atoms. The molecule has 0 spiro atoms. The lowest BCUT2D eigenvalue weighted by molar-refractivity contribution is 0.540. The predicted octanol–water partition coefficient (Wildman–Crippen LogP) is 4.47. The molecular formula is C15H14ClF2N. The molecule has 0 aliphatic carbocycles. The first kappa shape index (κ1) is 14.0. The van der Waals surface area contributed by atoms with Crippen LogP contribution in [0.15, 0.2) is 42.5 Å². The second-order valence-electron chi connectivity index (χ2n) is 4.39. The van der Waals surface area contributed by atoms with Gasteiger partial charge < -0.3 is 5.32 Å². The highest BCUT2D eigenvalue weighted by Crippen LogP contribution is 2.17. The van der Waals surface area contributed by atoms with Crippen LogP contribution in [0.3, 0.4) is 0 Å². The van der Waals surface area contributed by atoms with Crippen LogP contribution in [0.1, 0.15) is 24.1 Å². The van der Waals surface area contributed by atoms with E-state index >= 15 is 0 Å². The number of hydrogen-bond acceptors (Lipinski definition) is 1. The van der Waals surface area contributed by atoms with E-state index in [1.165, 1.54) is 18.2 Å². The molecule has 4 heteroatoms. The van der Waals surface area contributed by atoms with Crippen molar-refractivity contribution >= 4 is 11.6 Å². The van der Waals surface area contributed by atoms with Crippen LogP contribution in [0.25, 0.3) is 0 Å². The highest BCUT2D eigenvalue weighted by molar-refractivity contribution is 6.30. The van der Waals surface area contributed by atoms with Crippen LogP contribution in [0, 0.1) is 11.6 Å². The van der Waals surface area contributed by atoms with Crippen LogP contribution in [0.5, 0.6) is 0 Å². The molecule has 0 heterocycles. The summed E-state index contributed by atoms with van der Waals surface area (Å²) in [6, 6.07) is 10.9. The minimum absolute atomic E-state index is 0.0641. The van der Waals surface area contributed by atoms with Crippen LogP contribution >= 0.6 is 11.6 Å². The van der Waals surface area contributed by atoms with Gasteiger partial charge in [-0.1, -0.05) is 29.8 Å². The van der Waals surface area contributed by atoms with Gasteiger partial charge in [0, 0.05) is 23.2 Å². The first-order valence-corrected chi connectivity index (χ1v) is 6.37. The van der Waals surface area contributed by atoms with Crippen LogP contribution < -0.4 is 5.32 Å². The van der Waals surface area contributed by atoms with Crippen molar-refractivity contribution in [2.24, 2.45) is 0 Å². The molecule has 1 nitrogen and oxygen atoms in total. The Labute approximate surface area is 116 Å². The van der Waals surface area contributed by atoms with Crippen LogP contribution in [-0.2, 0) is 6.54 Å². The molecule has 2 aromatic carbocycles. The summed E-state index contributed by atoms with van der Waals surface area (Å²) in [5.41, 5.74) is 1.36. The molecule has 1 unspecified atom stereocenters. The molecule has 0 fully saturated rings. The summed E-state index contributed by atoms with van der Waals surface area (Å²) in [5, 5.41) is 3.53. The van der Waals surface area contributed by atoms with E-state index in [0.29, 0.717) is 17.1 Å². The number of halogens is 3. The third kappa shape index (κ3) is 3.75. The zero-order chi connectivity index (χ0) is 13.8. The highest BCUT2D eigenvalue weighted by atomic mass is 35.5. The van der Waals surface area contributed by atoms with Crippen LogP contribution in [0.2, 0.25) is 5.02 Å². The van der Waals surface area contributed by atoms with E-state index in [1.807, 2.05) is 13.0 Å². The van der Waals surface area contributed by atoms with Gasteiger partial charge >= 0.3 is 0 Å². The largest absolute Gasteiger partial charge is 0.306 e. The lowest BCUT2D eigenvalue weighted by Crippen LogP contribution is -2.18. The molecule has 0 aliphatic rings. The summed E-state index contributed by atoms with van der Waals surface area (Å²) in [4.78, 5) is 0. The third-order valence-electron chi connectivity index (χ3n) is 2.96. The molecule has 0 amide bonds. The molecule has 0 saturated heterocycles. The van der Waals surface area contributed by atoms with Crippen molar-refractivity contribution in [1.29, 1.82) is 0 Å². The van der Waals surface area contributed by atoms with Crippen molar-refractivity contribution in [3.8, 4) is 0 Å². The molecule has 0 saturated carbocycles. The van der Waals surface area contributed by atoms with Crippen LogP contribution in [0.4, 0.5) is 8.78 Å². The SMILES string of the molecule is CC(NCc1ccc(Cl)cc1F)c1cccc(F)c1. The average molecular weight is 282 g/mol. The molecule has 0 radical (unpaired) electrons. The van der Waals surface area contributed by atoms with Gasteiger partial charge in [0.2, 0.25) is 0 Å². The minimum atomic E-state index is -0.341. The Kier molecular flexibility index (Phi) is 4.51. The second-order valence-corrected chi connectivity index (χ2v) is 4.83. The molecule has 1 N–H and O–H groups in total. The topological polar surface area (TPSA) is 12.0 Å². The van der Waals surface area contributed by atoms with E-state index in [9.17, 15) is 8.78 Å². The molecule has 1 atom stereocenters. The van der Waals surface area contributed by atoms with Gasteiger partial charge in [0.05, 0.1) is 0 Å². The van der Waals surface area contributed by atoms with Crippen molar-refractivity contribution in [3.05, 3.63) is 70.2 Å². The van der Waals surface area contributed by atoms with Crippen molar-refractivity contribution in [1.82, 2.24) is 5.32 Å². The van der Waals surface area contributed by atoms with E-state index in [1.54, 1.807) is 18.2 Å². The van der Waals surface area contributed by atoms with E-state index in [0.717, 1.165) is 5.56 Å². The number of nitrogens with one attached hydrogen (secondary N) is 1. The molecule has 2 aromatic rings. The normalized spacial score (nSPS) is 12.4. The Hall–Kier alpha value is -1.45. The summed E-state index contributed by atoms with van der Waals surface area (Å²) >= 11 is 5.69. The third-order valence-corrected chi connectivity index (χ3v) is 3.20. The zero-order valence-corrected chi connectivity index (χ0v) is 11.2. The first-order chi connectivity index (χ1) is 9.06. The molecule has 2 rings (SSSR count). The maximum absolute atomic E-state index is 13.6. The van der Waals surface area contributed by atoms with Gasteiger partial charge in [-0.25, -0.2) is 8.78 Å². The second kappa shape index (κ2) is 6.13. The van der Waals surface area contributed by atoms with Gasteiger partial charge in [-0.3, -0.25) is 0 Å². The van der Waals surface area contributed by atoms with Crippen molar-refractivity contribution < 1.29 is 8.78 Å². The molecule has 0 bridgehead atoms. The van der Waals surface area contributed by atoms with Gasteiger partial charge in [-0.05, 0) is 36.8 Å². The summed E-state index contributed by atoms with van der Waals surface area (Å²) in [6.07, 6.45) is 0. The lowest BCUT2D eigenvalue weighted by Gasteiger charge is -2.14. The zero-order valence-electron chi connectivity index (χ0n) is 10.5. The highest BCUT2D eigenvalue weighted by Gasteiger charge is 2.08. The minimum Gasteiger partial charge on any atom is -0.306 e. The van der Waals surface area contributed by atoms with Gasteiger partial charge in [-0.2, -0.15) is 0 Å². The number of benzene rings is 2. The Morgan fingerprint density at radius 2 is 1.95 bits per heavy atom. The average Bonchev–Trinajstić information content (AvgIpc) is 2.37. The smallest absolute Gasteiger partial charge is 0.129 e. The fourth-order valence-corrected chi connectivity index (χ4v) is 1.98. The molecule has 0 aliphatic heterocycles. The Morgan fingerprint density at radius 3 is 2.63 bits per heavy atom. The number of hydrogen-bond donors (Lipinski definition) is 1. The quantitative estimate of drug-likeness (QED) is 0.872. The van der Waals surface area contributed by atoms with Crippen LogP contribution in [-0.4, -0.2) is 0 Å². The van der Waals surface area contributed by atoms with Gasteiger partial charge in [0.15, 0.2) is 0 Å². The maximum Gasteiger partial charge on any atom is 0.129 e. The van der Waals surface area contributed by atoms with E-state index in [4.69, 9.17) is 11.6 Å². The fourth-order valence-electron chi connectivity index (χ4n) is 1.82. The van der Waals surface area contributed by atoms with Crippen molar-refractivity contribution in [2.45, 2.75) is 19.5 Å². The number of rotatable bonds is 4. The van der Waals surface area contributed by atoms with E-state index < -0.39 is 0 Å². The Bertz CT molecular complexity index is 572. The Balaban J connectivity index is 2.02. The first-order valence-electron chi connectivity index (χ1n) is 5.99. The van der Waals surface area contributed by atoms with E-state index in [2.05, 4.69) is 5.32 Å². The lowest BCUT2D eigenvalue weighted by atomic mass is 10.1.